The molecule has 3 N–H and O–H groups in total. The zero-order chi connectivity index (χ0) is 30.6. The van der Waals surface area contributed by atoms with Crippen LogP contribution >= 0.6 is 11.3 Å². The Hall–Kier alpha value is -3.80. The van der Waals surface area contributed by atoms with Gasteiger partial charge < -0.3 is 25.6 Å². The SMILES string of the molecule is Cc1ccc(NC2CN(C(=O)OC(C)(C)C)C2)cc1C(=O)NC(C)c1ccc(C#CC2CCNCC2)c(-c2cccs2)c1. The minimum absolute atomic E-state index is 0.108. The predicted octanol–water partition coefficient (Wildman–Crippen LogP) is 6.60. The molecule has 7 nitrogen and oxygen atoms in total. The Morgan fingerprint density at radius 1 is 1.09 bits per heavy atom. The molecule has 0 saturated carbocycles. The van der Waals surface area contributed by atoms with Crippen LogP contribution in [0.2, 0.25) is 0 Å². The van der Waals surface area contributed by atoms with Gasteiger partial charge in [0.2, 0.25) is 0 Å². The lowest BCUT2D eigenvalue weighted by Gasteiger charge is -2.40. The molecule has 2 amide bonds. The second kappa shape index (κ2) is 13.2. The van der Waals surface area contributed by atoms with E-state index < -0.39 is 5.60 Å². The molecule has 0 spiro atoms. The number of nitrogens with one attached hydrogen (secondary N) is 3. The Morgan fingerprint density at radius 2 is 1.86 bits per heavy atom. The monoisotopic (exact) mass is 598 g/mol. The number of anilines is 1. The van der Waals surface area contributed by atoms with E-state index in [0.717, 1.165) is 53.9 Å². The van der Waals surface area contributed by atoms with Crippen molar-refractivity contribution < 1.29 is 14.3 Å². The highest BCUT2D eigenvalue weighted by Crippen LogP contribution is 2.31. The molecule has 2 aliphatic heterocycles. The van der Waals surface area contributed by atoms with Crippen molar-refractivity contribution >= 4 is 29.0 Å². The van der Waals surface area contributed by atoms with E-state index in [-0.39, 0.29) is 24.1 Å². The summed E-state index contributed by atoms with van der Waals surface area (Å²) in [5.74, 6) is 7.28. The Bertz CT molecular complexity index is 1500. The van der Waals surface area contributed by atoms with Gasteiger partial charge in [-0.2, -0.15) is 0 Å². The average Bonchev–Trinajstić information content (AvgIpc) is 3.49. The lowest BCUT2D eigenvalue weighted by atomic mass is 9.96. The van der Waals surface area contributed by atoms with Crippen molar-refractivity contribution in [2.75, 3.05) is 31.5 Å². The first-order valence-corrected chi connectivity index (χ1v) is 16.0. The fourth-order valence-electron chi connectivity index (χ4n) is 5.32. The van der Waals surface area contributed by atoms with Gasteiger partial charge >= 0.3 is 6.09 Å². The summed E-state index contributed by atoms with van der Waals surface area (Å²) in [6.07, 6.45) is 1.88. The number of rotatable bonds is 6. The molecule has 2 saturated heterocycles. The third kappa shape index (κ3) is 7.98. The van der Waals surface area contributed by atoms with E-state index in [9.17, 15) is 9.59 Å². The average molecular weight is 599 g/mol. The molecule has 1 atom stereocenters. The maximum Gasteiger partial charge on any atom is 0.410 e. The van der Waals surface area contributed by atoms with Gasteiger partial charge in [-0.3, -0.25) is 4.79 Å². The second-order valence-corrected chi connectivity index (χ2v) is 13.5. The fraction of sp³-hybridized carbons (Fsp3) is 0.429. The Morgan fingerprint density at radius 3 is 2.56 bits per heavy atom. The molecule has 3 aromatic rings. The minimum Gasteiger partial charge on any atom is -0.444 e. The van der Waals surface area contributed by atoms with Crippen LogP contribution in [0.25, 0.3) is 10.4 Å². The summed E-state index contributed by atoms with van der Waals surface area (Å²) < 4.78 is 5.45. The molecule has 2 aromatic carbocycles. The van der Waals surface area contributed by atoms with Crippen LogP contribution in [0.1, 0.15) is 73.6 Å². The van der Waals surface area contributed by atoms with Crippen molar-refractivity contribution in [2.45, 2.75) is 65.1 Å². The highest BCUT2D eigenvalue weighted by Gasteiger charge is 2.33. The highest BCUT2D eigenvalue weighted by molar-refractivity contribution is 7.13. The number of amides is 2. The number of hydrogen-bond acceptors (Lipinski definition) is 6. The highest BCUT2D eigenvalue weighted by atomic mass is 32.1. The first kappa shape index (κ1) is 30.7. The number of thiophene rings is 1. The normalized spacial score (nSPS) is 16.4. The van der Waals surface area contributed by atoms with Gasteiger partial charge in [0.15, 0.2) is 0 Å². The number of carbonyl (C=O) groups excluding carboxylic acids is 2. The number of ether oxygens (including phenoxy) is 1. The first-order valence-electron chi connectivity index (χ1n) is 15.1. The number of benzene rings is 2. The van der Waals surface area contributed by atoms with E-state index >= 15 is 0 Å². The molecule has 8 heteroatoms. The molecule has 0 radical (unpaired) electrons. The maximum absolute atomic E-state index is 13.5. The summed E-state index contributed by atoms with van der Waals surface area (Å²) in [4.78, 5) is 28.6. The summed E-state index contributed by atoms with van der Waals surface area (Å²) >= 11 is 1.70. The van der Waals surface area contributed by atoms with Crippen LogP contribution in [0.5, 0.6) is 0 Å². The number of piperidine rings is 1. The number of carbonyl (C=O) groups is 2. The predicted molar refractivity (Wildman–Crippen MR) is 175 cm³/mol. The summed E-state index contributed by atoms with van der Waals surface area (Å²) in [5, 5.41) is 12.1. The zero-order valence-corrected chi connectivity index (χ0v) is 26.6. The van der Waals surface area contributed by atoms with Crippen LogP contribution in [-0.2, 0) is 4.74 Å². The van der Waals surface area contributed by atoms with Crippen LogP contribution in [0.3, 0.4) is 0 Å². The molecular weight excluding hydrogens is 556 g/mol. The van der Waals surface area contributed by atoms with Gasteiger partial charge in [-0.25, -0.2) is 4.79 Å². The van der Waals surface area contributed by atoms with E-state index in [1.165, 1.54) is 4.88 Å². The third-order valence-electron chi connectivity index (χ3n) is 7.81. The molecule has 2 aliphatic rings. The Balaban J connectivity index is 1.25. The number of nitrogens with zero attached hydrogens (tertiary/aromatic N) is 1. The van der Waals surface area contributed by atoms with E-state index in [0.29, 0.717) is 24.6 Å². The van der Waals surface area contributed by atoms with Gasteiger partial charge in [0.1, 0.15) is 5.60 Å². The summed E-state index contributed by atoms with van der Waals surface area (Å²) in [6, 6.07) is 16.3. The lowest BCUT2D eigenvalue weighted by molar-refractivity contribution is 0.0105. The molecular formula is C35H42N4O3S. The molecule has 43 heavy (non-hydrogen) atoms. The first-order chi connectivity index (χ1) is 20.6. The topological polar surface area (TPSA) is 82.7 Å². The molecule has 2 fully saturated rings. The van der Waals surface area contributed by atoms with Crippen molar-refractivity contribution in [3.63, 3.8) is 0 Å². The number of likely N-dealkylation sites (tertiary alicyclic amines) is 1. The Labute approximate surface area is 259 Å². The van der Waals surface area contributed by atoms with Crippen LogP contribution in [0, 0.1) is 24.7 Å². The molecule has 3 heterocycles. The minimum atomic E-state index is -0.514. The molecule has 5 rings (SSSR count). The largest absolute Gasteiger partial charge is 0.444 e. The molecule has 226 valence electrons. The molecule has 1 unspecified atom stereocenters. The van der Waals surface area contributed by atoms with Gasteiger partial charge in [-0.1, -0.05) is 30.0 Å². The van der Waals surface area contributed by atoms with Crippen molar-refractivity contribution in [3.8, 4) is 22.3 Å². The quantitative estimate of drug-likeness (QED) is 0.279. The van der Waals surface area contributed by atoms with E-state index in [1.807, 2.05) is 52.8 Å². The zero-order valence-electron chi connectivity index (χ0n) is 25.8. The van der Waals surface area contributed by atoms with Gasteiger partial charge in [0.05, 0.1) is 12.1 Å². The van der Waals surface area contributed by atoms with Crippen LogP contribution < -0.4 is 16.0 Å². The van der Waals surface area contributed by atoms with Crippen molar-refractivity contribution in [1.29, 1.82) is 0 Å². The molecule has 1 aromatic heterocycles. The molecule has 0 aliphatic carbocycles. The summed E-state index contributed by atoms with van der Waals surface area (Å²) in [5.41, 5.74) is 5.05. The van der Waals surface area contributed by atoms with Gasteiger partial charge in [-0.15, -0.1) is 11.3 Å². The smallest absolute Gasteiger partial charge is 0.410 e. The standard InChI is InChI=1S/C35H42N4O3S/c1-23-8-13-28(38-29-21-39(22-29)34(41)42-35(3,4)5)20-30(23)33(40)37-24(2)27-12-11-26(10-9-25-14-16-36-17-15-25)31(19-27)32-7-6-18-43-32/h6-8,11-13,18-20,24-25,29,36,38H,14-17,21-22H2,1-5H3,(H,37,40). The van der Waals surface area contributed by atoms with Gasteiger partial charge in [-0.05, 0) is 107 Å². The van der Waals surface area contributed by atoms with Gasteiger partial charge in [0.25, 0.3) is 5.91 Å². The van der Waals surface area contributed by atoms with Gasteiger partial charge in [0, 0.05) is 46.3 Å². The lowest BCUT2D eigenvalue weighted by Crippen LogP contribution is -2.57. The maximum atomic E-state index is 13.5. The van der Waals surface area contributed by atoms with Crippen molar-refractivity contribution in [1.82, 2.24) is 15.5 Å². The fourth-order valence-corrected chi connectivity index (χ4v) is 6.07. The number of hydrogen-bond donors (Lipinski definition) is 3. The summed E-state index contributed by atoms with van der Waals surface area (Å²) in [6.45, 7) is 12.7. The van der Waals surface area contributed by atoms with E-state index in [1.54, 1.807) is 16.2 Å². The van der Waals surface area contributed by atoms with Crippen LogP contribution in [-0.4, -0.2) is 54.7 Å². The van der Waals surface area contributed by atoms with Crippen LogP contribution in [0.15, 0.2) is 53.9 Å². The second-order valence-electron chi connectivity index (χ2n) is 12.5. The Kier molecular flexibility index (Phi) is 9.43. The van der Waals surface area contributed by atoms with Crippen molar-refractivity contribution in [2.24, 2.45) is 5.92 Å². The van der Waals surface area contributed by atoms with Crippen molar-refractivity contribution in [3.05, 3.63) is 76.2 Å². The molecule has 0 bridgehead atoms. The number of aryl methyl sites for hydroxylation is 1. The third-order valence-corrected chi connectivity index (χ3v) is 8.72. The van der Waals surface area contributed by atoms with Crippen LogP contribution in [0.4, 0.5) is 10.5 Å². The van der Waals surface area contributed by atoms with E-state index in [2.05, 4.69) is 63.5 Å². The van der Waals surface area contributed by atoms with E-state index in [4.69, 9.17) is 4.74 Å². The summed E-state index contributed by atoms with van der Waals surface area (Å²) in [7, 11) is 0.